The number of hydrogen-bond donors (Lipinski definition) is 0. The first-order valence-electron chi connectivity index (χ1n) is 10.1. The van der Waals surface area contributed by atoms with Gasteiger partial charge in [0.15, 0.2) is 0 Å². The summed E-state index contributed by atoms with van der Waals surface area (Å²) in [7, 11) is 0. The summed E-state index contributed by atoms with van der Waals surface area (Å²) in [6.07, 6.45) is 0.733. The molecule has 0 radical (unpaired) electrons. The zero-order chi connectivity index (χ0) is 23.7. The van der Waals surface area contributed by atoms with E-state index in [-0.39, 0.29) is 29.5 Å². The van der Waals surface area contributed by atoms with E-state index in [0.29, 0.717) is 32.2 Å². The van der Waals surface area contributed by atoms with E-state index in [1.54, 1.807) is 42.5 Å². The topological polar surface area (TPSA) is 66.9 Å². The lowest BCUT2D eigenvalue weighted by Crippen LogP contribution is -2.34. The van der Waals surface area contributed by atoms with E-state index in [1.165, 1.54) is 9.80 Å². The lowest BCUT2D eigenvalue weighted by atomic mass is 10.1. The monoisotopic (exact) mass is 520 g/mol. The van der Waals surface area contributed by atoms with Gasteiger partial charge in [0.1, 0.15) is 17.5 Å². The van der Waals surface area contributed by atoms with Crippen molar-refractivity contribution in [3.8, 4) is 0 Å². The molecule has 10 heteroatoms. The Hall–Kier alpha value is -2.39. The number of rotatable bonds is 6. The number of ether oxygens (including phenoxy) is 1. The van der Waals surface area contributed by atoms with Crippen LogP contribution < -0.4 is 4.90 Å². The third-order valence-corrected chi connectivity index (χ3v) is 7.04. The number of amides is 2. The highest BCUT2D eigenvalue weighted by atomic mass is 35.5. The molecule has 2 aliphatic heterocycles. The van der Waals surface area contributed by atoms with Crippen molar-refractivity contribution in [3.63, 3.8) is 0 Å². The second kappa shape index (κ2) is 9.85. The first-order chi connectivity index (χ1) is 15.8. The Balaban J connectivity index is 1.60. The molecule has 2 aromatic rings. The summed E-state index contributed by atoms with van der Waals surface area (Å²) < 4.78 is 5.75. The van der Waals surface area contributed by atoms with Crippen molar-refractivity contribution in [1.82, 2.24) is 4.90 Å². The first kappa shape index (κ1) is 23.8. The molecule has 6 nitrogen and oxygen atoms in total. The summed E-state index contributed by atoms with van der Waals surface area (Å²) in [5.74, 6) is -1.36. The maximum Gasteiger partial charge on any atom is 0.326 e. The number of hydrogen-bond acceptors (Lipinski definition) is 6. The molecule has 0 aliphatic carbocycles. The highest BCUT2D eigenvalue weighted by Gasteiger charge is 2.42. The molecule has 0 aromatic heterocycles. The van der Waals surface area contributed by atoms with E-state index in [0.717, 1.165) is 23.7 Å². The van der Waals surface area contributed by atoms with Crippen molar-refractivity contribution in [2.45, 2.75) is 20.0 Å². The van der Waals surface area contributed by atoms with Gasteiger partial charge in [-0.3, -0.25) is 24.2 Å². The van der Waals surface area contributed by atoms with Crippen molar-refractivity contribution >= 4 is 80.5 Å². The average molecular weight is 521 g/mol. The zero-order valence-electron chi connectivity index (χ0n) is 17.5. The molecule has 1 fully saturated rings. The molecular weight excluding hydrogens is 503 g/mol. The number of benzene rings is 2. The van der Waals surface area contributed by atoms with Crippen LogP contribution in [0.4, 0.5) is 5.69 Å². The predicted octanol–water partition coefficient (Wildman–Crippen LogP) is 5.06. The summed E-state index contributed by atoms with van der Waals surface area (Å²) in [6, 6.07) is 11.8. The van der Waals surface area contributed by atoms with Crippen LogP contribution in [0.5, 0.6) is 0 Å². The molecule has 0 saturated carbocycles. The third kappa shape index (κ3) is 4.80. The Bertz CT molecular complexity index is 1200. The lowest BCUT2D eigenvalue weighted by molar-refractivity contribution is -0.143. The number of carbonyl (C=O) groups excluding carboxylic acids is 3. The summed E-state index contributed by atoms with van der Waals surface area (Å²) in [6.45, 7) is 2.16. The minimum Gasteiger partial charge on any atom is -0.459 e. The van der Waals surface area contributed by atoms with Crippen molar-refractivity contribution in [3.05, 3.63) is 68.5 Å². The van der Waals surface area contributed by atoms with Gasteiger partial charge in [-0.25, -0.2) is 0 Å². The summed E-state index contributed by atoms with van der Waals surface area (Å²) in [5, 5.41) is 0.995. The fourth-order valence-corrected chi connectivity index (χ4v) is 5.24. The van der Waals surface area contributed by atoms with Crippen LogP contribution in [0, 0.1) is 0 Å². The van der Waals surface area contributed by atoms with Crippen molar-refractivity contribution in [1.29, 1.82) is 0 Å². The van der Waals surface area contributed by atoms with Crippen LogP contribution in [-0.4, -0.2) is 40.1 Å². The number of anilines is 1. The molecule has 0 bridgehead atoms. The van der Waals surface area contributed by atoms with E-state index >= 15 is 0 Å². The fourth-order valence-electron chi connectivity index (χ4n) is 3.57. The van der Waals surface area contributed by atoms with Gasteiger partial charge >= 0.3 is 5.97 Å². The Morgan fingerprint density at radius 2 is 1.73 bits per heavy atom. The summed E-state index contributed by atoms with van der Waals surface area (Å²) in [5.41, 5.74) is 1.96. The number of fused-ring (bicyclic) bond motifs is 1. The number of thioether (sulfide) groups is 1. The molecule has 2 aromatic carbocycles. The minimum absolute atomic E-state index is 0.0496. The molecule has 0 atom stereocenters. The molecule has 33 heavy (non-hydrogen) atoms. The van der Waals surface area contributed by atoms with Gasteiger partial charge in [-0.05, 0) is 42.3 Å². The van der Waals surface area contributed by atoms with Gasteiger partial charge in [0.2, 0.25) is 0 Å². The van der Waals surface area contributed by atoms with Crippen molar-refractivity contribution < 1.29 is 19.1 Å². The van der Waals surface area contributed by atoms with E-state index in [4.69, 9.17) is 40.2 Å². The lowest BCUT2D eigenvalue weighted by Gasteiger charge is -2.16. The van der Waals surface area contributed by atoms with Gasteiger partial charge in [0.25, 0.3) is 11.8 Å². The molecule has 2 amide bonds. The predicted molar refractivity (Wildman–Crippen MR) is 134 cm³/mol. The summed E-state index contributed by atoms with van der Waals surface area (Å²) in [4.78, 5) is 42.0. The number of esters is 1. The number of thiocarbonyl (C=S) groups is 1. The Morgan fingerprint density at radius 1 is 1.03 bits per heavy atom. The van der Waals surface area contributed by atoms with Crippen LogP contribution in [0.3, 0.4) is 0 Å². The highest BCUT2D eigenvalue weighted by molar-refractivity contribution is 8.26. The second-order valence-corrected chi connectivity index (χ2v) is 9.89. The summed E-state index contributed by atoms with van der Waals surface area (Å²) >= 11 is 18.5. The Labute approximate surface area is 210 Å². The molecule has 0 unspecified atom stereocenters. The standard InChI is InChI=1S/C23H18Cl2N2O4S2/c1-2-9-26-22(30)20(33-23(26)32)19-16-10-15(25)7-8-17(16)27(21(19)29)11-18(28)31-12-13-3-5-14(24)6-4-13/h3-8,10H,2,9,11-12H2,1H3/b20-19-. The van der Waals surface area contributed by atoms with E-state index in [2.05, 4.69) is 0 Å². The quantitative estimate of drug-likeness (QED) is 0.301. The normalized spacial score (nSPS) is 17.7. The molecular formula is C23H18Cl2N2O4S2. The van der Waals surface area contributed by atoms with Crippen LogP contribution in [0.25, 0.3) is 5.57 Å². The van der Waals surface area contributed by atoms with Crippen molar-refractivity contribution in [2.24, 2.45) is 0 Å². The second-order valence-electron chi connectivity index (χ2n) is 7.37. The van der Waals surface area contributed by atoms with Gasteiger partial charge in [-0.1, -0.05) is 66.2 Å². The van der Waals surface area contributed by atoms with Gasteiger partial charge in [-0.15, -0.1) is 0 Å². The Kier molecular flexibility index (Phi) is 7.09. The maximum absolute atomic E-state index is 13.4. The van der Waals surface area contributed by atoms with E-state index in [1.807, 2.05) is 6.92 Å². The zero-order valence-corrected chi connectivity index (χ0v) is 20.6. The van der Waals surface area contributed by atoms with Crippen LogP contribution in [0.2, 0.25) is 10.0 Å². The highest BCUT2D eigenvalue weighted by Crippen LogP contribution is 2.45. The maximum atomic E-state index is 13.4. The third-order valence-electron chi connectivity index (χ3n) is 5.10. The minimum atomic E-state index is -0.584. The van der Waals surface area contributed by atoms with Crippen LogP contribution in [0.15, 0.2) is 47.4 Å². The molecule has 4 rings (SSSR count). The number of nitrogens with zero attached hydrogens (tertiary/aromatic N) is 2. The van der Waals surface area contributed by atoms with Gasteiger partial charge < -0.3 is 4.74 Å². The van der Waals surface area contributed by atoms with Gasteiger partial charge in [-0.2, -0.15) is 0 Å². The molecule has 0 spiro atoms. The average Bonchev–Trinajstić information content (AvgIpc) is 3.20. The van der Waals surface area contributed by atoms with Crippen LogP contribution in [-0.2, 0) is 25.7 Å². The molecule has 2 heterocycles. The Morgan fingerprint density at radius 3 is 2.42 bits per heavy atom. The fraction of sp³-hybridized carbons (Fsp3) is 0.217. The number of carbonyl (C=O) groups is 3. The molecule has 1 saturated heterocycles. The largest absolute Gasteiger partial charge is 0.459 e. The molecule has 170 valence electrons. The van der Waals surface area contributed by atoms with E-state index in [9.17, 15) is 14.4 Å². The van der Waals surface area contributed by atoms with E-state index < -0.39 is 11.9 Å². The molecule has 2 aliphatic rings. The molecule has 0 N–H and O–H groups in total. The first-order valence-corrected chi connectivity index (χ1v) is 12.1. The number of halogens is 2. The van der Waals surface area contributed by atoms with Crippen molar-refractivity contribution in [2.75, 3.05) is 18.0 Å². The smallest absolute Gasteiger partial charge is 0.326 e. The van der Waals surface area contributed by atoms with Gasteiger partial charge in [0.05, 0.1) is 16.2 Å². The SMILES string of the molecule is CCCN1C(=O)/C(=C2/C(=O)N(CC(=O)OCc3ccc(Cl)cc3)c3ccc(Cl)cc32)SC1=S. The van der Waals surface area contributed by atoms with Crippen LogP contribution in [0.1, 0.15) is 24.5 Å². The van der Waals surface area contributed by atoms with Crippen LogP contribution >= 0.6 is 47.2 Å². The van der Waals surface area contributed by atoms with Gasteiger partial charge in [0, 0.05) is 22.2 Å².